The average Bonchev–Trinajstić information content (AvgIpc) is 3.02. The minimum absolute atomic E-state index is 0.155. The van der Waals surface area contributed by atoms with Crippen LogP contribution in [0.4, 0.5) is 5.69 Å². The first kappa shape index (κ1) is 13.2. The van der Waals surface area contributed by atoms with Crippen LogP contribution in [0.5, 0.6) is 0 Å². The lowest BCUT2D eigenvalue weighted by molar-refractivity contribution is 0.102. The third-order valence-electron chi connectivity index (χ3n) is 2.66. The van der Waals surface area contributed by atoms with E-state index in [4.69, 9.17) is 11.6 Å². The number of anilines is 1. The predicted molar refractivity (Wildman–Crippen MR) is 76.4 cm³/mol. The van der Waals surface area contributed by atoms with Gasteiger partial charge in [-0.25, -0.2) is 19.6 Å². The van der Waals surface area contributed by atoms with Crippen molar-refractivity contribution in [3.63, 3.8) is 0 Å². The largest absolute Gasteiger partial charge is 0.320 e. The fourth-order valence-electron chi connectivity index (χ4n) is 1.68. The van der Waals surface area contributed by atoms with Crippen LogP contribution in [0.2, 0.25) is 5.15 Å². The molecule has 0 aromatic carbocycles. The van der Waals surface area contributed by atoms with E-state index in [1.165, 1.54) is 29.7 Å². The van der Waals surface area contributed by atoms with Gasteiger partial charge in [0, 0.05) is 6.20 Å². The number of carbonyl (C=O) groups excluding carboxylic acids is 1. The number of nitrogens with one attached hydrogen (secondary N) is 1. The van der Waals surface area contributed by atoms with Gasteiger partial charge >= 0.3 is 0 Å². The van der Waals surface area contributed by atoms with Gasteiger partial charge in [-0.05, 0) is 24.3 Å². The van der Waals surface area contributed by atoms with Crippen molar-refractivity contribution in [1.29, 1.82) is 0 Å². The van der Waals surface area contributed by atoms with Crippen LogP contribution in [0.3, 0.4) is 0 Å². The molecule has 0 bridgehead atoms. The molecule has 0 aliphatic heterocycles. The van der Waals surface area contributed by atoms with Crippen LogP contribution in [-0.2, 0) is 0 Å². The molecular formula is C13H9ClN6O. The van der Waals surface area contributed by atoms with E-state index in [1.54, 1.807) is 24.3 Å². The highest BCUT2D eigenvalue weighted by atomic mass is 35.5. The van der Waals surface area contributed by atoms with Crippen LogP contribution in [0, 0.1) is 0 Å². The summed E-state index contributed by atoms with van der Waals surface area (Å²) in [6.45, 7) is 0. The van der Waals surface area contributed by atoms with Gasteiger partial charge in [-0.3, -0.25) is 4.79 Å². The molecule has 0 saturated carbocycles. The Hall–Kier alpha value is -2.80. The van der Waals surface area contributed by atoms with E-state index in [0.717, 1.165) is 0 Å². The molecule has 3 aromatic heterocycles. The summed E-state index contributed by atoms with van der Waals surface area (Å²) < 4.78 is 1.52. The Kier molecular flexibility index (Phi) is 3.57. The number of pyridine rings is 2. The van der Waals surface area contributed by atoms with Crippen LogP contribution >= 0.6 is 11.6 Å². The second-order valence-corrected chi connectivity index (χ2v) is 4.40. The molecule has 0 radical (unpaired) electrons. The summed E-state index contributed by atoms with van der Waals surface area (Å²) in [5.41, 5.74) is 0.850. The Morgan fingerprint density at radius 1 is 1.24 bits per heavy atom. The van der Waals surface area contributed by atoms with E-state index in [-0.39, 0.29) is 11.1 Å². The lowest BCUT2D eigenvalue weighted by Crippen LogP contribution is -2.13. The SMILES string of the molecule is O=C(Nc1ccc(-n2cncn2)nc1)c1cccnc1Cl. The lowest BCUT2D eigenvalue weighted by atomic mass is 10.2. The molecule has 0 atom stereocenters. The molecule has 0 aliphatic rings. The number of amides is 1. The molecule has 7 nitrogen and oxygen atoms in total. The highest BCUT2D eigenvalue weighted by Crippen LogP contribution is 2.15. The quantitative estimate of drug-likeness (QED) is 0.747. The van der Waals surface area contributed by atoms with Crippen LogP contribution in [0.25, 0.3) is 5.82 Å². The molecule has 3 rings (SSSR count). The second kappa shape index (κ2) is 5.68. The molecule has 0 fully saturated rings. The van der Waals surface area contributed by atoms with Gasteiger partial charge in [-0.15, -0.1) is 0 Å². The summed E-state index contributed by atoms with van der Waals surface area (Å²) >= 11 is 5.87. The first-order chi connectivity index (χ1) is 10.2. The Bertz CT molecular complexity index is 757. The first-order valence-corrected chi connectivity index (χ1v) is 6.35. The van der Waals surface area contributed by atoms with E-state index in [0.29, 0.717) is 17.1 Å². The van der Waals surface area contributed by atoms with E-state index >= 15 is 0 Å². The fourth-order valence-corrected chi connectivity index (χ4v) is 1.88. The first-order valence-electron chi connectivity index (χ1n) is 5.97. The third-order valence-corrected chi connectivity index (χ3v) is 2.96. The van der Waals surface area contributed by atoms with Gasteiger partial charge in [-0.1, -0.05) is 11.6 Å². The molecule has 0 unspecified atom stereocenters. The van der Waals surface area contributed by atoms with E-state index in [1.807, 2.05) is 0 Å². The van der Waals surface area contributed by atoms with Crippen molar-refractivity contribution in [2.75, 3.05) is 5.32 Å². The molecule has 0 aliphatic carbocycles. The maximum Gasteiger partial charge on any atom is 0.258 e. The maximum atomic E-state index is 12.1. The van der Waals surface area contributed by atoms with E-state index in [2.05, 4.69) is 25.4 Å². The van der Waals surface area contributed by atoms with Gasteiger partial charge in [0.25, 0.3) is 5.91 Å². The number of hydrogen-bond acceptors (Lipinski definition) is 5. The van der Waals surface area contributed by atoms with Crippen molar-refractivity contribution < 1.29 is 4.79 Å². The highest BCUT2D eigenvalue weighted by Gasteiger charge is 2.11. The van der Waals surface area contributed by atoms with E-state index in [9.17, 15) is 4.79 Å². The normalized spacial score (nSPS) is 10.3. The minimum Gasteiger partial charge on any atom is -0.320 e. The predicted octanol–water partition coefficient (Wildman–Crippen LogP) is 1.96. The Balaban J connectivity index is 1.77. The van der Waals surface area contributed by atoms with Crippen LogP contribution in [0.15, 0.2) is 49.3 Å². The van der Waals surface area contributed by atoms with Crippen LogP contribution in [0.1, 0.15) is 10.4 Å². The topological polar surface area (TPSA) is 85.6 Å². The Morgan fingerprint density at radius 2 is 2.14 bits per heavy atom. The molecule has 1 N–H and O–H groups in total. The molecule has 8 heteroatoms. The van der Waals surface area contributed by atoms with Crippen molar-refractivity contribution in [2.24, 2.45) is 0 Å². The summed E-state index contributed by atoms with van der Waals surface area (Å²) in [5.74, 6) is 0.258. The molecule has 0 saturated heterocycles. The lowest BCUT2D eigenvalue weighted by Gasteiger charge is -2.06. The number of aromatic nitrogens is 5. The van der Waals surface area contributed by atoms with Gasteiger partial charge in [0.1, 0.15) is 17.8 Å². The van der Waals surface area contributed by atoms with Gasteiger partial charge in [0.15, 0.2) is 5.82 Å². The summed E-state index contributed by atoms with van der Waals surface area (Å²) in [6.07, 6.45) is 6.00. The number of carbonyl (C=O) groups is 1. The zero-order valence-electron chi connectivity index (χ0n) is 10.6. The average molecular weight is 301 g/mol. The van der Waals surface area contributed by atoms with Gasteiger partial charge < -0.3 is 5.32 Å². The molecular weight excluding hydrogens is 292 g/mol. The second-order valence-electron chi connectivity index (χ2n) is 4.04. The third kappa shape index (κ3) is 2.87. The van der Waals surface area contributed by atoms with Crippen molar-refractivity contribution in [3.05, 3.63) is 60.0 Å². The van der Waals surface area contributed by atoms with E-state index < -0.39 is 0 Å². The van der Waals surface area contributed by atoms with Gasteiger partial charge in [0.05, 0.1) is 17.4 Å². The van der Waals surface area contributed by atoms with Crippen molar-refractivity contribution >= 4 is 23.2 Å². The molecule has 1 amide bonds. The monoisotopic (exact) mass is 300 g/mol. The number of rotatable bonds is 3. The smallest absolute Gasteiger partial charge is 0.258 e. The van der Waals surface area contributed by atoms with Crippen molar-refractivity contribution in [1.82, 2.24) is 24.7 Å². The minimum atomic E-state index is -0.344. The fraction of sp³-hybridized carbons (Fsp3) is 0. The zero-order chi connectivity index (χ0) is 14.7. The molecule has 0 spiro atoms. The Morgan fingerprint density at radius 3 is 2.81 bits per heavy atom. The molecule has 21 heavy (non-hydrogen) atoms. The van der Waals surface area contributed by atoms with Crippen LogP contribution in [-0.4, -0.2) is 30.6 Å². The maximum absolute atomic E-state index is 12.1. The summed E-state index contributed by atoms with van der Waals surface area (Å²) in [7, 11) is 0. The van der Waals surface area contributed by atoms with Gasteiger partial charge in [0.2, 0.25) is 0 Å². The summed E-state index contributed by atoms with van der Waals surface area (Å²) in [6, 6.07) is 6.68. The number of hydrogen-bond donors (Lipinski definition) is 1. The van der Waals surface area contributed by atoms with Crippen molar-refractivity contribution in [3.8, 4) is 5.82 Å². The number of nitrogens with zero attached hydrogens (tertiary/aromatic N) is 5. The number of halogens is 1. The molecule has 3 heterocycles. The zero-order valence-corrected chi connectivity index (χ0v) is 11.4. The van der Waals surface area contributed by atoms with Crippen molar-refractivity contribution in [2.45, 2.75) is 0 Å². The summed E-state index contributed by atoms with van der Waals surface area (Å²) in [4.78, 5) is 23.9. The molecule has 3 aromatic rings. The summed E-state index contributed by atoms with van der Waals surface area (Å²) in [5, 5.41) is 6.82. The van der Waals surface area contributed by atoms with Crippen LogP contribution < -0.4 is 5.32 Å². The standard InChI is InChI=1S/C13H9ClN6O/c14-12-10(2-1-5-16-12)13(21)19-9-3-4-11(17-6-9)20-8-15-7-18-20/h1-8H,(H,19,21). The highest BCUT2D eigenvalue weighted by molar-refractivity contribution is 6.33. The molecule has 104 valence electrons. The Labute approximate surface area is 124 Å². The van der Waals surface area contributed by atoms with Gasteiger partial charge in [-0.2, -0.15) is 5.10 Å².